The highest BCUT2D eigenvalue weighted by Crippen LogP contribution is 2.68. The molecule has 7 heteroatoms. The predicted molar refractivity (Wildman–Crippen MR) is 132 cm³/mol. The molecule has 0 saturated heterocycles. The average molecular weight is 487 g/mol. The molecule has 1 N–H and O–H groups in total. The number of hydrogen-bond donors (Lipinski definition) is 1. The molecule has 1 atom stereocenters. The molecule has 2 bridgehead atoms. The molecule has 0 radical (unpaired) electrons. The van der Waals surface area contributed by atoms with Gasteiger partial charge in [-0.3, -0.25) is 9.59 Å². The molecule has 2 heterocycles. The largest absolute Gasteiger partial charge is 0.469 e. The molecule has 1 amide bonds. The molecule has 6 nitrogen and oxygen atoms in total. The molecule has 4 fully saturated rings. The summed E-state index contributed by atoms with van der Waals surface area (Å²) in [6.45, 7) is 0.432. The molecule has 2 aromatic heterocycles. The first-order valence-electron chi connectivity index (χ1n) is 12.6. The third-order valence-corrected chi connectivity index (χ3v) is 8.84. The van der Waals surface area contributed by atoms with E-state index in [0.717, 1.165) is 48.8 Å². The fourth-order valence-corrected chi connectivity index (χ4v) is 7.01. The minimum atomic E-state index is -0.438. The lowest BCUT2D eigenvalue weighted by molar-refractivity contribution is -0.157. The minimum Gasteiger partial charge on any atom is -0.469 e. The van der Waals surface area contributed by atoms with Gasteiger partial charge in [0.15, 0.2) is 0 Å². The van der Waals surface area contributed by atoms with E-state index < -0.39 is 5.82 Å². The van der Waals surface area contributed by atoms with Crippen molar-refractivity contribution < 1.29 is 23.1 Å². The summed E-state index contributed by atoms with van der Waals surface area (Å²) < 4.78 is 27.6. The van der Waals surface area contributed by atoms with Crippen LogP contribution in [0.15, 0.2) is 59.1 Å². The Bertz CT molecular complexity index is 1510. The molecule has 0 aliphatic heterocycles. The Morgan fingerprint density at radius 2 is 1.92 bits per heavy atom. The molecule has 4 aromatic rings. The summed E-state index contributed by atoms with van der Waals surface area (Å²) in [7, 11) is 1.45. The van der Waals surface area contributed by atoms with Crippen LogP contribution in [0.25, 0.3) is 21.9 Å². The molecule has 4 aliphatic rings. The number of para-hydroxylation sites is 1. The maximum atomic E-state index is 14.6. The van der Waals surface area contributed by atoms with Crippen LogP contribution in [-0.2, 0) is 16.1 Å². The minimum absolute atomic E-state index is 0.126. The molecular weight excluding hydrogens is 459 g/mol. The van der Waals surface area contributed by atoms with Crippen molar-refractivity contribution in [3.63, 3.8) is 0 Å². The van der Waals surface area contributed by atoms with Crippen molar-refractivity contribution in [2.75, 3.05) is 7.11 Å². The lowest BCUT2D eigenvalue weighted by Crippen LogP contribution is -2.44. The van der Waals surface area contributed by atoms with Gasteiger partial charge in [0.2, 0.25) is 0 Å². The topological polar surface area (TPSA) is 73.5 Å². The summed E-state index contributed by atoms with van der Waals surface area (Å²) in [6, 6.07) is 14.4. The van der Waals surface area contributed by atoms with E-state index in [1.54, 1.807) is 0 Å². The van der Waals surface area contributed by atoms with Gasteiger partial charge >= 0.3 is 5.97 Å². The second-order valence-corrected chi connectivity index (χ2v) is 10.9. The molecule has 0 unspecified atom stereocenters. The molecule has 0 spiro atoms. The number of amides is 1. The predicted octanol–water partition coefficient (Wildman–Crippen LogP) is 5.43. The van der Waals surface area contributed by atoms with Gasteiger partial charge in [0.05, 0.1) is 30.1 Å². The summed E-state index contributed by atoms with van der Waals surface area (Å²) >= 11 is 0. The van der Waals surface area contributed by atoms with Gasteiger partial charge < -0.3 is 19.0 Å². The normalized spacial score (nSPS) is 25.6. The number of carbonyl (C=O) groups excluding carboxylic acids is 2. The van der Waals surface area contributed by atoms with Gasteiger partial charge in [-0.05, 0) is 74.3 Å². The van der Waals surface area contributed by atoms with Crippen molar-refractivity contribution in [2.24, 2.45) is 17.3 Å². The van der Waals surface area contributed by atoms with E-state index in [2.05, 4.69) is 5.32 Å². The van der Waals surface area contributed by atoms with Crippen LogP contribution in [-0.4, -0.2) is 29.1 Å². The SMILES string of the molecule is COC(=O)C12CC(C1)[C@H](C1(NC(=O)c3cc(F)cc4ccn(Cc5cc6ccccc6o5)c34)CC1)C2. The first-order chi connectivity index (χ1) is 17.4. The lowest BCUT2D eigenvalue weighted by Gasteiger charge is -2.36. The Morgan fingerprint density at radius 1 is 1.11 bits per heavy atom. The summed E-state index contributed by atoms with van der Waals surface area (Å²) in [5, 5.41) is 4.98. The molecule has 36 heavy (non-hydrogen) atoms. The van der Waals surface area contributed by atoms with Gasteiger partial charge in [-0.2, -0.15) is 0 Å². The van der Waals surface area contributed by atoms with Crippen molar-refractivity contribution in [2.45, 2.75) is 44.2 Å². The number of nitrogens with zero attached hydrogens (tertiary/aromatic N) is 1. The van der Waals surface area contributed by atoms with Crippen LogP contribution in [0.1, 0.15) is 48.2 Å². The van der Waals surface area contributed by atoms with E-state index in [9.17, 15) is 14.0 Å². The molecule has 4 aliphatic carbocycles. The zero-order chi connectivity index (χ0) is 24.7. The number of furan rings is 1. The van der Waals surface area contributed by atoms with Crippen molar-refractivity contribution in [3.8, 4) is 0 Å². The lowest BCUT2D eigenvalue weighted by atomic mass is 9.69. The standard InChI is InChI=1S/C29H27FN2O4/c1-35-27(34)28-13-19(14-28)23(15-28)29(7-8-29)31-26(33)22-12-20(30)10-18-6-9-32(25(18)22)16-21-11-17-4-2-3-5-24(17)36-21/h2-6,9-12,19,23H,7-8,13-16H2,1H3,(H,31,33)/t19?,23-,28?/m1/s1. The van der Waals surface area contributed by atoms with Gasteiger partial charge in [-0.15, -0.1) is 0 Å². The maximum Gasteiger partial charge on any atom is 0.311 e. The van der Waals surface area contributed by atoms with Crippen molar-refractivity contribution in [1.82, 2.24) is 9.88 Å². The van der Waals surface area contributed by atoms with Crippen LogP contribution < -0.4 is 5.32 Å². The number of nitrogens with one attached hydrogen (secondary N) is 1. The number of fused-ring (bicyclic) bond motifs is 3. The highest BCUT2D eigenvalue weighted by molar-refractivity contribution is 6.06. The Morgan fingerprint density at radius 3 is 2.67 bits per heavy atom. The van der Waals surface area contributed by atoms with Gasteiger partial charge in [0, 0.05) is 22.5 Å². The average Bonchev–Trinajstić information content (AvgIpc) is 3.21. The number of carbonyl (C=O) groups is 2. The zero-order valence-electron chi connectivity index (χ0n) is 20.1. The van der Waals surface area contributed by atoms with Gasteiger partial charge in [0.25, 0.3) is 5.91 Å². The molecule has 184 valence electrons. The smallest absolute Gasteiger partial charge is 0.311 e. The third kappa shape index (κ3) is 3.14. The first-order valence-corrected chi connectivity index (χ1v) is 12.6. The highest BCUT2D eigenvalue weighted by atomic mass is 19.1. The Hall–Kier alpha value is -3.61. The van der Waals surface area contributed by atoms with Crippen LogP contribution in [0.4, 0.5) is 4.39 Å². The number of ether oxygens (including phenoxy) is 1. The molecule has 8 rings (SSSR count). The zero-order valence-corrected chi connectivity index (χ0v) is 20.1. The molecule has 4 saturated carbocycles. The second kappa shape index (κ2) is 7.45. The Balaban J connectivity index is 1.19. The fraction of sp³-hybridized carbons (Fsp3) is 0.379. The van der Waals surface area contributed by atoms with Crippen molar-refractivity contribution in [3.05, 3.63) is 71.9 Å². The van der Waals surface area contributed by atoms with E-state index in [-0.39, 0.29) is 28.7 Å². The van der Waals surface area contributed by atoms with Crippen LogP contribution in [0.5, 0.6) is 0 Å². The van der Waals surface area contributed by atoms with E-state index >= 15 is 0 Å². The van der Waals surface area contributed by atoms with E-state index in [4.69, 9.17) is 9.15 Å². The van der Waals surface area contributed by atoms with Crippen molar-refractivity contribution in [1.29, 1.82) is 0 Å². The summed E-state index contributed by atoms with van der Waals surface area (Å²) in [5.41, 5.74) is 1.13. The third-order valence-electron chi connectivity index (χ3n) is 8.84. The Kier molecular flexibility index (Phi) is 4.48. The number of aromatic nitrogens is 1. The number of esters is 1. The van der Waals surface area contributed by atoms with Crippen molar-refractivity contribution >= 4 is 33.7 Å². The fourth-order valence-electron chi connectivity index (χ4n) is 7.01. The monoisotopic (exact) mass is 486 g/mol. The molecule has 2 aromatic carbocycles. The van der Waals surface area contributed by atoms with Crippen LogP contribution >= 0.6 is 0 Å². The number of rotatable bonds is 6. The summed E-state index contributed by atoms with van der Waals surface area (Å²) in [5.74, 6) is 0.619. The number of halogens is 1. The quantitative estimate of drug-likeness (QED) is 0.369. The highest BCUT2D eigenvalue weighted by Gasteiger charge is 2.68. The first kappa shape index (κ1) is 21.7. The summed E-state index contributed by atoms with van der Waals surface area (Å²) in [6.07, 6.45) is 6.07. The van der Waals surface area contributed by atoms with E-state index in [0.29, 0.717) is 28.9 Å². The second-order valence-electron chi connectivity index (χ2n) is 10.9. The van der Waals surface area contributed by atoms with Gasteiger partial charge in [-0.25, -0.2) is 4.39 Å². The number of hydrogen-bond acceptors (Lipinski definition) is 4. The van der Waals surface area contributed by atoms with Crippen LogP contribution in [0.3, 0.4) is 0 Å². The number of benzene rings is 2. The number of methoxy groups -OCH3 is 1. The maximum absolute atomic E-state index is 14.6. The van der Waals surface area contributed by atoms with Crippen LogP contribution in [0, 0.1) is 23.1 Å². The van der Waals surface area contributed by atoms with Crippen LogP contribution in [0.2, 0.25) is 0 Å². The van der Waals surface area contributed by atoms with E-state index in [1.807, 2.05) is 47.2 Å². The summed E-state index contributed by atoms with van der Waals surface area (Å²) in [4.78, 5) is 26.0. The van der Waals surface area contributed by atoms with Gasteiger partial charge in [0.1, 0.15) is 17.2 Å². The Labute approximate surface area is 207 Å². The van der Waals surface area contributed by atoms with Gasteiger partial charge in [-0.1, -0.05) is 18.2 Å². The van der Waals surface area contributed by atoms with E-state index in [1.165, 1.54) is 19.2 Å². The molecular formula is C29H27FN2O4.